The topological polar surface area (TPSA) is 38.3 Å². The fourth-order valence-corrected chi connectivity index (χ4v) is 3.83. The number of anilines is 1. The van der Waals surface area contributed by atoms with Crippen LogP contribution >= 0.6 is 0 Å². The molecule has 0 unspecified atom stereocenters. The third kappa shape index (κ3) is 10.2. The van der Waals surface area contributed by atoms with Gasteiger partial charge in [0.25, 0.3) is 0 Å². The summed E-state index contributed by atoms with van der Waals surface area (Å²) >= 11 is 0. The summed E-state index contributed by atoms with van der Waals surface area (Å²) in [5.74, 6) is 0.0843. The van der Waals surface area contributed by atoms with Crippen LogP contribution in [0.15, 0.2) is 42.5 Å². The first-order chi connectivity index (χ1) is 14.8. The van der Waals surface area contributed by atoms with Gasteiger partial charge in [-0.3, -0.25) is 4.79 Å². The minimum Gasteiger partial charge on any atom is -0.381 e. The summed E-state index contributed by atoms with van der Waals surface area (Å²) in [6.45, 7) is 3.89. The number of rotatable bonds is 17. The van der Waals surface area contributed by atoms with Gasteiger partial charge in [-0.2, -0.15) is 0 Å². The van der Waals surface area contributed by atoms with Crippen LogP contribution in [0.25, 0.3) is 10.8 Å². The molecule has 0 saturated carbocycles. The Labute approximate surface area is 183 Å². The van der Waals surface area contributed by atoms with E-state index in [1.807, 2.05) is 30.3 Å². The van der Waals surface area contributed by atoms with E-state index in [1.54, 1.807) is 0 Å². The van der Waals surface area contributed by atoms with Crippen molar-refractivity contribution in [1.82, 2.24) is 0 Å². The molecule has 0 atom stereocenters. The first-order valence-corrected chi connectivity index (χ1v) is 12.2. The van der Waals surface area contributed by atoms with Crippen molar-refractivity contribution in [2.75, 3.05) is 18.5 Å². The van der Waals surface area contributed by atoms with Crippen molar-refractivity contribution in [3.05, 3.63) is 42.5 Å². The molecule has 0 aliphatic carbocycles. The smallest absolute Gasteiger partial charge is 0.224 e. The molecule has 0 bridgehead atoms. The van der Waals surface area contributed by atoms with E-state index in [2.05, 4.69) is 24.4 Å². The molecule has 0 aliphatic rings. The monoisotopic (exact) mass is 411 g/mol. The fourth-order valence-electron chi connectivity index (χ4n) is 3.83. The third-order valence-corrected chi connectivity index (χ3v) is 5.65. The van der Waals surface area contributed by atoms with Crippen LogP contribution in [0, 0.1) is 0 Å². The number of benzene rings is 2. The minimum absolute atomic E-state index is 0.0843. The number of carbonyl (C=O) groups is 1. The zero-order chi connectivity index (χ0) is 21.3. The number of hydrogen-bond donors (Lipinski definition) is 1. The van der Waals surface area contributed by atoms with Crippen molar-refractivity contribution in [3.63, 3.8) is 0 Å². The van der Waals surface area contributed by atoms with Gasteiger partial charge in [0.05, 0.1) is 0 Å². The quantitative estimate of drug-likeness (QED) is 0.269. The molecule has 0 aromatic heterocycles. The van der Waals surface area contributed by atoms with Gasteiger partial charge >= 0.3 is 0 Å². The fraction of sp³-hybridized carbons (Fsp3) is 0.593. The Morgan fingerprint density at radius 2 is 1.33 bits per heavy atom. The zero-order valence-electron chi connectivity index (χ0n) is 19.0. The molecule has 0 aliphatic heterocycles. The van der Waals surface area contributed by atoms with E-state index >= 15 is 0 Å². The lowest BCUT2D eigenvalue weighted by Crippen LogP contribution is -2.11. The molecule has 1 amide bonds. The average molecular weight is 412 g/mol. The standard InChI is InChI=1S/C27H41NO2/c1-2-3-4-5-6-7-8-9-10-14-22-30-23-15-13-21-27(29)28-26-20-16-18-24-17-11-12-19-25(24)26/h11-12,16-20H,2-10,13-15,21-23H2,1H3,(H,28,29). The molecular weight excluding hydrogens is 370 g/mol. The van der Waals surface area contributed by atoms with Gasteiger partial charge < -0.3 is 10.1 Å². The molecule has 3 nitrogen and oxygen atoms in total. The van der Waals surface area contributed by atoms with Gasteiger partial charge in [0.15, 0.2) is 0 Å². The molecule has 0 radical (unpaired) electrons. The summed E-state index contributed by atoms with van der Waals surface area (Å²) in [7, 11) is 0. The number of hydrogen-bond acceptors (Lipinski definition) is 2. The van der Waals surface area contributed by atoms with E-state index < -0.39 is 0 Å². The van der Waals surface area contributed by atoms with Gasteiger partial charge in [0.2, 0.25) is 5.91 Å². The maximum absolute atomic E-state index is 12.2. The Bertz CT molecular complexity index is 708. The van der Waals surface area contributed by atoms with Crippen LogP contribution in [-0.2, 0) is 9.53 Å². The van der Waals surface area contributed by atoms with E-state index in [0.29, 0.717) is 6.42 Å². The van der Waals surface area contributed by atoms with Gasteiger partial charge in [0.1, 0.15) is 0 Å². The minimum atomic E-state index is 0.0843. The molecular formula is C27H41NO2. The van der Waals surface area contributed by atoms with Crippen molar-refractivity contribution in [3.8, 4) is 0 Å². The maximum Gasteiger partial charge on any atom is 0.224 e. The van der Waals surface area contributed by atoms with Crippen LogP contribution in [0.3, 0.4) is 0 Å². The Balaban J connectivity index is 1.41. The molecule has 2 rings (SSSR count). The van der Waals surface area contributed by atoms with E-state index in [0.717, 1.165) is 48.9 Å². The normalized spacial score (nSPS) is 11.1. The second-order valence-electron chi connectivity index (χ2n) is 8.33. The second kappa shape index (κ2) is 15.9. The summed E-state index contributed by atoms with van der Waals surface area (Å²) < 4.78 is 5.73. The number of nitrogens with one attached hydrogen (secondary N) is 1. The summed E-state index contributed by atoms with van der Waals surface area (Å²) in [5, 5.41) is 5.29. The Hall–Kier alpha value is -1.87. The highest BCUT2D eigenvalue weighted by Gasteiger charge is 2.05. The molecule has 3 heteroatoms. The van der Waals surface area contributed by atoms with Crippen molar-refractivity contribution in [1.29, 1.82) is 0 Å². The molecule has 0 heterocycles. The number of fused-ring (bicyclic) bond motifs is 1. The number of ether oxygens (including phenoxy) is 1. The third-order valence-electron chi connectivity index (χ3n) is 5.65. The van der Waals surface area contributed by atoms with Crippen LogP contribution in [0.5, 0.6) is 0 Å². The average Bonchev–Trinajstić information content (AvgIpc) is 2.76. The lowest BCUT2D eigenvalue weighted by molar-refractivity contribution is -0.116. The van der Waals surface area contributed by atoms with Gasteiger partial charge in [-0.25, -0.2) is 0 Å². The molecule has 30 heavy (non-hydrogen) atoms. The van der Waals surface area contributed by atoms with Gasteiger partial charge in [-0.15, -0.1) is 0 Å². The molecule has 0 fully saturated rings. The first kappa shape index (κ1) is 24.4. The zero-order valence-corrected chi connectivity index (χ0v) is 19.0. The van der Waals surface area contributed by atoms with Crippen LogP contribution in [0.4, 0.5) is 5.69 Å². The number of amides is 1. The Morgan fingerprint density at radius 3 is 2.07 bits per heavy atom. The highest BCUT2D eigenvalue weighted by Crippen LogP contribution is 2.23. The Morgan fingerprint density at radius 1 is 0.733 bits per heavy atom. The number of unbranched alkanes of at least 4 members (excludes halogenated alkanes) is 10. The second-order valence-corrected chi connectivity index (χ2v) is 8.33. The van der Waals surface area contributed by atoms with Gasteiger partial charge in [0, 0.05) is 30.7 Å². The largest absolute Gasteiger partial charge is 0.381 e. The molecule has 166 valence electrons. The van der Waals surface area contributed by atoms with Crippen molar-refractivity contribution in [2.24, 2.45) is 0 Å². The van der Waals surface area contributed by atoms with Gasteiger partial charge in [-0.1, -0.05) is 101 Å². The van der Waals surface area contributed by atoms with Gasteiger partial charge in [-0.05, 0) is 30.7 Å². The summed E-state index contributed by atoms with van der Waals surface area (Å²) in [4.78, 5) is 12.2. The SMILES string of the molecule is CCCCCCCCCCCCOCCCCC(=O)Nc1cccc2ccccc12. The van der Waals surface area contributed by atoms with Crippen molar-refractivity contribution < 1.29 is 9.53 Å². The molecule has 2 aromatic carbocycles. The van der Waals surface area contributed by atoms with Crippen molar-refractivity contribution >= 4 is 22.4 Å². The summed E-state index contributed by atoms with van der Waals surface area (Å²) in [5.41, 5.74) is 0.898. The molecule has 0 spiro atoms. The highest BCUT2D eigenvalue weighted by atomic mass is 16.5. The Kier molecular flexibility index (Phi) is 12.9. The molecule has 2 aromatic rings. The van der Waals surface area contributed by atoms with E-state index in [9.17, 15) is 4.79 Å². The lowest BCUT2D eigenvalue weighted by atomic mass is 10.1. The predicted molar refractivity (Wildman–Crippen MR) is 129 cm³/mol. The first-order valence-electron chi connectivity index (χ1n) is 12.2. The van der Waals surface area contributed by atoms with Crippen LogP contribution < -0.4 is 5.32 Å². The van der Waals surface area contributed by atoms with Crippen LogP contribution in [-0.4, -0.2) is 19.1 Å². The van der Waals surface area contributed by atoms with Crippen LogP contribution in [0.2, 0.25) is 0 Å². The lowest BCUT2D eigenvalue weighted by Gasteiger charge is -2.09. The van der Waals surface area contributed by atoms with Crippen molar-refractivity contribution in [2.45, 2.75) is 90.4 Å². The van der Waals surface area contributed by atoms with E-state index in [1.165, 1.54) is 57.8 Å². The van der Waals surface area contributed by atoms with E-state index in [4.69, 9.17) is 4.74 Å². The number of carbonyl (C=O) groups excluding carboxylic acids is 1. The summed E-state index contributed by atoms with van der Waals surface area (Å²) in [6.07, 6.45) is 15.9. The predicted octanol–water partition coefficient (Wildman–Crippen LogP) is 7.89. The maximum atomic E-state index is 12.2. The summed E-state index contributed by atoms with van der Waals surface area (Å²) in [6, 6.07) is 14.2. The molecule has 1 N–H and O–H groups in total. The van der Waals surface area contributed by atoms with E-state index in [-0.39, 0.29) is 5.91 Å². The highest BCUT2D eigenvalue weighted by molar-refractivity contribution is 6.02. The van der Waals surface area contributed by atoms with Crippen LogP contribution in [0.1, 0.15) is 90.4 Å². The molecule has 0 saturated heterocycles.